The molecule has 8 rings (SSSR count). The van der Waals surface area contributed by atoms with E-state index in [1.54, 1.807) is 0 Å². The number of allylic oxidation sites excluding steroid dienone is 2. The number of hydrogen-bond donors (Lipinski definition) is 0. The Morgan fingerprint density at radius 1 is 0.458 bits per heavy atom. The van der Waals surface area contributed by atoms with Crippen molar-refractivity contribution in [3.63, 3.8) is 0 Å². The smallest absolute Gasteiger partial charge is 0.195 e. The van der Waals surface area contributed by atoms with E-state index in [0.29, 0.717) is 0 Å². The first-order chi connectivity index (χ1) is 23.4. The van der Waals surface area contributed by atoms with Crippen LogP contribution in [0.1, 0.15) is 62.8 Å². The highest BCUT2D eigenvalue weighted by Gasteiger charge is 2.48. The summed E-state index contributed by atoms with van der Waals surface area (Å²) in [4.78, 5) is 0. The number of nitrogens with zero attached hydrogens (tertiary/aromatic N) is 2. The topological polar surface area (TPSA) is 6.02 Å². The van der Waals surface area contributed by atoms with Crippen molar-refractivity contribution in [1.82, 2.24) is 0 Å². The summed E-state index contributed by atoms with van der Waals surface area (Å²) in [5, 5.41) is 5.35. The molecule has 0 aliphatic carbocycles. The summed E-state index contributed by atoms with van der Waals surface area (Å²) < 4.78 is 5.12. The Kier molecular flexibility index (Phi) is 7.48. The van der Waals surface area contributed by atoms with Crippen LogP contribution < -0.4 is 0 Å². The minimum Gasteiger partial charge on any atom is -0.195 e. The van der Waals surface area contributed by atoms with E-state index in [9.17, 15) is 0 Å². The summed E-state index contributed by atoms with van der Waals surface area (Å²) in [6.07, 6.45) is 6.86. The van der Waals surface area contributed by atoms with Gasteiger partial charge in [-0.3, -0.25) is 0 Å². The maximum Gasteiger partial charge on any atom is 0.210 e. The molecule has 48 heavy (non-hydrogen) atoms. The van der Waals surface area contributed by atoms with E-state index in [-0.39, 0.29) is 10.8 Å². The van der Waals surface area contributed by atoms with E-state index in [0.717, 1.165) is 25.9 Å². The van der Waals surface area contributed by atoms with Gasteiger partial charge in [0.05, 0.1) is 10.8 Å². The highest BCUT2D eigenvalue weighted by atomic mass is 15.1. The molecule has 0 bridgehead atoms. The first-order valence-electron chi connectivity index (χ1n) is 17.4. The Labute approximate surface area is 285 Å². The molecule has 2 heteroatoms. The van der Waals surface area contributed by atoms with E-state index in [1.807, 2.05) is 0 Å². The monoisotopic (exact) mass is 624 g/mol. The average Bonchev–Trinajstić information content (AvgIpc) is 3.47. The van der Waals surface area contributed by atoms with Gasteiger partial charge in [0.2, 0.25) is 11.4 Å². The second-order valence-corrected chi connectivity index (χ2v) is 14.2. The highest BCUT2D eigenvalue weighted by molar-refractivity contribution is 6.03. The Balaban J connectivity index is 1.17. The SMILES string of the molecule is CC1=[N+](Cc2ccccc2)c2ccc3ccccc3c2C1(C)CC=CCC1(C)C(C)=[N+](Cc2ccccc2)c2ccc3ccccc3c21. The van der Waals surface area contributed by atoms with Gasteiger partial charge in [-0.05, 0) is 60.4 Å². The molecule has 6 aromatic carbocycles. The molecule has 2 unspecified atom stereocenters. The van der Waals surface area contributed by atoms with Crippen LogP contribution in [0, 0.1) is 0 Å². The van der Waals surface area contributed by atoms with Gasteiger partial charge in [-0.15, -0.1) is 0 Å². The van der Waals surface area contributed by atoms with Gasteiger partial charge in [0.25, 0.3) is 0 Å². The van der Waals surface area contributed by atoms with Crippen LogP contribution in [0.5, 0.6) is 0 Å². The molecular weight excluding hydrogens is 581 g/mol. The van der Waals surface area contributed by atoms with E-state index >= 15 is 0 Å². The first kappa shape index (κ1) is 30.3. The van der Waals surface area contributed by atoms with Crippen LogP contribution in [-0.2, 0) is 23.9 Å². The van der Waals surface area contributed by atoms with E-state index in [2.05, 4.69) is 182 Å². The first-order valence-corrected chi connectivity index (χ1v) is 17.4. The van der Waals surface area contributed by atoms with Gasteiger partial charge in [-0.25, -0.2) is 0 Å². The van der Waals surface area contributed by atoms with Gasteiger partial charge in [0, 0.05) is 48.2 Å². The molecule has 0 spiro atoms. The molecule has 236 valence electrons. The van der Waals surface area contributed by atoms with Crippen molar-refractivity contribution >= 4 is 44.3 Å². The normalized spacial score (nSPS) is 20.3. The number of rotatable bonds is 8. The molecule has 0 N–H and O–H groups in total. The summed E-state index contributed by atoms with van der Waals surface area (Å²) in [6, 6.07) is 48.9. The standard InChI is InChI=1S/C46H44N2/c1-33-45(3,43-39-23-13-11-21-37(39)25-27-41(43)47(33)31-35-17-7-5-8-18-35)29-15-16-30-46(4)34(2)48(32-36-19-9-6-10-20-36)42-28-26-38-22-12-14-24-40(38)44(42)46/h5-28H,29-32H2,1-4H3/q+2. The molecule has 2 aliphatic heterocycles. The minimum atomic E-state index is -0.110. The summed E-state index contributed by atoms with van der Waals surface area (Å²) >= 11 is 0. The van der Waals surface area contributed by atoms with Gasteiger partial charge in [-0.1, -0.05) is 121 Å². The molecule has 2 heterocycles. The van der Waals surface area contributed by atoms with Crippen molar-refractivity contribution in [2.24, 2.45) is 0 Å². The van der Waals surface area contributed by atoms with Crippen LogP contribution in [0.2, 0.25) is 0 Å². The maximum absolute atomic E-state index is 2.56. The van der Waals surface area contributed by atoms with Crippen LogP contribution in [0.4, 0.5) is 11.4 Å². The van der Waals surface area contributed by atoms with Gasteiger partial charge in [0.15, 0.2) is 24.5 Å². The molecule has 6 aromatic rings. The van der Waals surface area contributed by atoms with Crippen LogP contribution in [0.15, 0.2) is 146 Å². The van der Waals surface area contributed by atoms with Crippen molar-refractivity contribution in [2.75, 3.05) is 0 Å². The Hall–Kier alpha value is -5.08. The van der Waals surface area contributed by atoms with E-state index in [4.69, 9.17) is 0 Å². The largest absolute Gasteiger partial charge is 0.210 e. The zero-order valence-electron chi connectivity index (χ0n) is 28.6. The summed E-state index contributed by atoms with van der Waals surface area (Å²) in [7, 11) is 0. The summed E-state index contributed by atoms with van der Waals surface area (Å²) in [5.74, 6) is 0. The van der Waals surface area contributed by atoms with Crippen LogP contribution in [0.3, 0.4) is 0 Å². The van der Waals surface area contributed by atoms with E-state index < -0.39 is 0 Å². The lowest BCUT2D eigenvalue weighted by molar-refractivity contribution is -0.456. The van der Waals surface area contributed by atoms with Crippen molar-refractivity contribution in [3.05, 3.63) is 168 Å². The third-order valence-electron chi connectivity index (χ3n) is 11.5. The molecule has 0 saturated carbocycles. The fourth-order valence-corrected chi connectivity index (χ4v) is 8.53. The zero-order chi connectivity index (χ0) is 32.9. The third kappa shape index (κ3) is 4.85. The predicted octanol–water partition coefficient (Wildman–Crippen LogP) is 11.2. The van der Waals surface area contributed by atoms with Crippen molar-refractivity contribution < 1.29 is 9.15 Å². The third-order valence-corrected chi connectivity index (χ3v) is 11.5. The molecule has 0 amide bonds. The van der Waals surface area contributed by atoms with Gasteiger partial charge >= 0.3 is 0 Å². The molecule has 0 aromatic heterocycles. The van der Waals surface area contributed by atoms with Gasteiger partial charge < -0.3 is 0 Å². The molecule has 2 nitrogen and oxygen atoms in total. The fraction of sp³-hybridized carbons (Fsp3) is 0.217. The molecule has 0 radical (unpaired) electrons. The Morgan fingerprint density at radius 2 is 0.833 bits per heavy atom. The van der Waals surface area contributed by atoms with E-state index in [1.165, 1.54) is 66.6 Å². The summed E-state index contributed by atoms with van der Waals surface area (Å²) in [5.41, 5.74) is 10.9. The number of fused-ring (bicyclic) bond motifs is 6. The molecule has 2 aliphatic rings. The highest BCUT2D eigenvalue weighted by Crippen LogP contribution is 2.48. The Bertz CT molecular complexity index is 2110. The molecule has 0 saturated heterocycles. The minimum absolute atomic E-state index is 0.110. The van der Waals surface area contributed by atoms with Crippen molar-refractivity contribution in [3.8, 4) is 0 Å². The number of hydrogen-bond acceptors (Lipinski definition) is 0. The molecular formula is C46H44N2+2. The predicted molar refractivity (Wildman–Crippen MR) is 202 cm³/mol. The second-order valence-electron chi connectivity index (χ2n) is 14.2. The van der Waals surface area contributed by atoms with Gasteiger partial charge in [0.1, 0.15) is 0 Å². The summed E-state index contributed by atoms with van der Waals surface area (Å²) in [6.45, 7) is 11.4. The molecule has 0 fully saturated rings. The lowest BCUT2D eigenvalue weighted by atomic mass is 9.73. The van der Waals surface area contributed by atoms with Crippen molar-refractivity contribution in [2.45, 2.75) is 64.5 Å². The zero-order valence-corrected chi connectivity index (χ0v) is 28.6. The van der Waals surface area contributed by atoms with Gasteiger partial charge in [-0.2, -0.15) is 9.15 Å². The fourth-order valence-electron chi connectivity index (χ4n) is 8.53. The Morgan fingerprint density at radius 3 is 1.25 bits per heavy atom. The quantitative estimate of drug-likeness (QED) is 0.117. The lowest BCUT2D eigenvalue weighted by Crippen LogP contribution is -2.31. The maximum atomic E-state index is 2.56. The average molecular weight is 625 g/mol. The number of benzene rings is 6. The lowest BCUT2D eigenvalue weighted by Gasteiger charge is -2.24. The van der Waals surface area contributed by atoms with Crippen molar-refractivity contribution in [1.29, 1.82) is 0 Å². The van der Waals surface area contributed by atoms with Crippen LogP contribution in [-0.4, -0.2) is 20.6 Å². The van der Waals surface area contributed by atoms with Crippen LogP contribution in [0.25, 0.3) is 21.5 Å². The van der Waals surface area contributed by atoms with Crippen LogP contribution >= 0.6 is 0 Å². The molecule has 2 atom stereocenters. The second kappa shape index (κ2) is 11.9.